The standard InChI is InChI=1S/C11H21N3O3/c12-10(14-16)5-1-2-6-13-11(15)8-9-4-3-7-17-9/h9,16H,1-8H2,(H2,12,14)(H,13,15). The summed E-state index contributed by atoms with van der Waals surface area (Å²) in [6.07, 6.45) is 4.78. The summed E-state index contributed by atoms with van der Waals surface area (Å²) in [4.78, 5) is 11.5. The maximum Gasteiger partial charge on any atom is 0.222 e. The van der Waals surface area contributed by atoms with E-state index in [9.17, 15) is 4.79 Å². The summed E-state index contributed by atoms with van der Waals surface area (Å²) >= 11 is 0. The molecule has 0 aromatic rings. The van der Waals surface area contributed by atoms with Gasteiger partial charge in [-0.25, -0.2) is 0 Å². The van der Waals surface area contributed by atoms with Crippen LogP contribution in [-0.4, -0.2) is 36.2 Å². The van der Waals surface area contributed by atoms with Crippen molar-refractivity contribution in [1.29, 1.82) is 0 Å². The van der Waals surface area contributed by atoms with Crippen molar-refractivity contribution in [1.82, 2.24) is 5.32 Å². The first-order valence-electron chi connectivity index (χ1n) is 6.07. The Kier molecular flexibility index (Phi) is 6.39. The summed E-state index contributed by atoms with van der Waals surface area (Å²) in [7, 11) is 0. The summed E-state index contributed by atoms with van der Waals surface area (Å²) in [5, 5.41) is 14.0. The highest BCUT2D eigenvalue weighted by Crippen LogP contribution is 2.14. The molecule has 0 aromatic carbocycles. The molecule has 1 amide bonds. The molecule has 0 spiro atoms. The predicted octanol–water partition coefficient (Wildman–Crippen LogP) is 0.588. The summed E-state index contributed by atoms with van der Waals surface area (Å²) in [6, 6.07) is 0. The number of carbonyl (C=O) groups is 1. The van der Waals surface area contributed by atoms with Crippen LogP contribution in [0.1, 0.15) is 38.5 Å². The first kappa shape index (κ1) is 13.8. The van der Waals surface area contributed by atoms with Gasteiger partial charge >= 0.3 is 0 Å². The minimum absolute atomic E-state index is 0.0423. The Morgan fingerprint density at radius 3 is 3.00 bits per heavy atom. The molecular formula is C11H21N3O3. The average molecular weight is 243 g/mol. The molecule has 1 saturated heterocycles. The summed E-state index contributed by atoms with van der Waals surface area (Å²) in [6.45, 7) is 1.40. The zero-order valence-electron chi connectivity index (χ0n) is 10.0. The lowest BCUT2D eigenvalue weighted by atomic mass is 10.1. The number of hydrogen-bond acceptors (Lipinski definition) is 4. The number of amides is 1. The Bertz CT molecular complexity index is 263. The van der Waals surface area contributed by atoms with Crippen LogP contribution in [0, 0.1) is 0 Å². The van der Waals surface area contributed by atoms with Crippen LogP contribution in [-0.2, 0) is 9.53 Å². The molecule has 1 atom stereocenters. The fourth-order valence-electron chi connectivity index (χ4n) is 1.79. The second-order valence-corrected chi connectivity index (χ2v) is 4.24. The predicted molar refractivity (Wildman–Crippen MR) is 63.9 cm³/mol. The summed E-state index contributed by atoms with van der Waals surface area (Å²) in [5.41, 5.74) is 5.32. The molecule has 0 saturated carbocycles. The van der Waals surface area contributed by atoms with Crippen LogP contribution in [0.3, 0.4) is 0 Å². The second kappa shape index (κ2) is 7.89. The van der Waals surface area contributed by atoms with Gasteiger partial charge in [-0.05, 0) is 25.7 Å². The van der Waals surface area contributed by atoms with E-state index in [1.165, 1.54) is 0 Å². The SMILES string of the molecule is NC(CCCCNC(=O)CC1CCCO1)=NO. The van der Waals surface area contributed by atoms with Crippen molar-refractivity contribution < 1.29 is 14.7 Å². The third-order valence-electron chi connectivity index (χ3n) is 2.75. The van der Waals surface area contributed by atoms with Crippen molar-refractivity contribution in [2.75, 3.05) is 13.2 Å². The molecule has 17 heavy (non-hydrogen) atoms. The first-order valence-corrected chi connectivity index (χ1v) is 6.07. The van der Waals surface area contributed by atoms with Crippen LogP contribution in [0.25, 0.3) is 0 Å². The molecule has 1 rings (SSSR count). The van der Waals surface area contributed by atoms with Gasteiger partial charge in [0.05, 0.1) is 12.5 Å². The minimum Gasteiger partial charge on any atom is -0.409 e. The summed E-state index contributed by atoms with van der Waals surface area (Å²) < 4.78 is 5.38. The number of unbranched alkanes of at least 4 members (excludes halogenated alkanes) is 1. The molecule has 98 valence electrons. The average Bonchev–Trinajstić information content (AvgIpc) is 2.81. The fourth-order valence-corrected chi connectivity index (χ4v) is 1.79. The second-order valence-electron chi connectivity index (χ2n) is 4.24. The molecule has 1 heterocycles. The van der Waals surface area contributed by atoms with E-state index >= 15 is 0 Å². The Balaban J connectivity index is 1.96. The fraction of sp³-hybridized carbons (Fsp3) is 0.818. The Labute approximate surface area is 101 Å². The molecule has 6 nitrogen and oxygen atoms in total. The number of hydrogen-bond donors (Lipinski definition) is 3. The van der Waals surface area contributed by atoms with Gasteiger partial charge in [-0.3, -0.25) is 4.79 Å². The van der Waals surface area contributed by atoms with E-state index in [0.717, 1.165) is 32.3 Å². The van der Waals surface area contributed by atoms with Crippen molar-refractivity contribution in [3.05, 3.63) is 0 Å². The summed E-state index contributed by atoms with van der Waals surface area (Å²) in [5.74, 6) is 0.274. The topological polar surface area (TPSA) is 96.9 Å². The monoisotopic (exact) mass is 243 g/mol. The normalized spacial score (nSPS) is 20.5. The molecule has 4 N–H and O–H groups in total. The molecule has 6 heteroatoms. The number of nitrogens with one attached hydrogen (secondary N) is 1. The molecule has 0 bridgehead atoms. The molecule has 1 fully saturated rings. The molecule has 1 unspecified atom stereocenters. The van der Waals surface area contributed by atoms with Crippen molar-refractivity contribution >= 4 is 11.7 Å². The van der Waals surface area contributed by atoms with Crippen molar-refractivity contribution in [2.45, 2.75) is 44.6 Å². The Morgan fingerprint density at radius 2 is 2.35 bits per heavy atom. The number of rotatable bonds is 7. The van der Waals surface area contributed by atoms with E-state index < -0.39 is 0 Å². The first-order chi connectivity index (χ1) is 8.22. The van der Waals surface area contributed by atoms with E-state index in [4.69, 9.17) is 15.7 Å². The maximum absolute atomic E-state index is 11.5. The molecule has 0 aromatic heterocycles. The Hall–Kier alpha value is -1.30. The molecule has 0 radical (unpaired) electrons. The molecule has 0 aliphatic carbocycles. The lowest BCUT2D eigenvalue weighted by Gasteiger charge is -2.09. The highest BCUT2D eigenvalue weighted by Gasteiger charge is 2.18. The zero-order chi connectivity index (χ0) is 12.5. The number of ether oxygens (including phenoxy) is 1. The highest BCUT2D eigenvalue weighted by molar-refractivity contribution is 5.79. The number of nitrogens with zero attached hydrogens (tertiary/aromatic N) is 1. The highest BCUT2D eigenvalue weighted by atomic mass is 16.5. The smallest absolute Gasteiger partial charge is 0.222 e. The van der Waals surface area contributed by atoms with Crippen LogP contribution in [0.2, 0.25) is 0 Å². The van der Waals surface area contributed by atoms with E-state index in [1.807, 2.05) is 0 Å². The van der Waals surface area contributed by atoms with Crippen LogP contribution in [0.4, 0.5) is 0 Å². The van der Waals surface area contributed by atoms with Gasteiger partial charge in [0.2, 0.25) is 5.91 Å². The van der Waals surface area contributed by atoms with Gasteiger partial charge in [0.25, 0.3) is 0 Å². The molecule has 1 aliphatic heterocycles. The van der Waals surface area contributed by atoms with Crippen molar-refractivity contribution in [3.8, 4) is 0 Å². The third kappa shape index (κ3) is 6.11. The van der Waals surface area contributed by atoms with E-state index in [1.54, 1.807) is 0 Å². The van der Waals surface area contributed by atoms with Crippen molar-refractivity contribution in [3.63, 3.8) is 0 Å². The van der Waals surface area contributed by atoms with Gasteiger partial charge in [0, 0.05) is 19.6 Å². The van der Waals surface area contributed by atoms with Gasteiger partial charge in [0.15, 0.2) is 0 Å². The quantitative estimate of drug-likeness (QED) is 0.200. The van der Waals surface area contributed by atoms with E-state index in [2.05, 4.69) is 10.5 Å². The number of nitrogens with two attached hydrogens (primary N) is 1. The molecular weight excluding hydrogens is 222 g/mol. The zero-order valence-corrected chi connectivity index (χ0v) is 10.0. The van der Waals surface area contributed by atoms with Gasteiger partial charge in [-0.2, -0.15) is 0 Å². The van der Waals surface area contributed by atoms with Gasteiger partial charge < -0.3 is 21.0 Å². The maximum atomic E-state index is 11.5. The van der Waals surface area contributed by atoms with Crippen LogP contribution in [0.5, 0.6) is 0 Å². The van der Waals surface area contributed by atoms with E-state index in [0.29, 0.717) is 19.4 Å². The van der Waals surface area contributed by atoms with Gasteiger partial charge in [0.1, 0.15) is 5.84 Å². The van der Waals surface area contributed by atoms with Crippen LogP contribution >= 0.6 is 0 Å². The Morgan fingerprint density at radius 1 is 1.53 bits per heavy atom. The number of amidine groups is 1. The van der Waals surface area contributed by atoms with Crippen LogP contribution in [0.15, 0.2) is 5.16 Å². The lowest BCUT2D eigenvalue weighted by molar-refractivity contribution is -0.123. The molecule has 1 aliphatic rings. The van der Waals surface area contributed by atoms with E-state index in [-0.39, 0.29) is 17.8 Å². The van der Waals surface area contributed by atoms with Gasteiger partial charge in [-0.15, -0.1) is 0 Å². The minimum atomic E-state index is 0.0423. The van der Waals surface area contributed by atoms with Crippen molar-refractivity contribution in [2.24, 2.45) is 10.9 Å². The number of carbonyl (C=O) groups excluding carboxylic acids is 1. The number of oxime groups is 1. The van der Waals surface area contributed by atoms with Crippen LogP contribution < -0.4 is 11.1 Å². The van der Waals surface area contributed by atoms with Gasteiger partial charge in [-0.1, -0.05) is 5.16 Å². The largest absolute Gasteiger partial charge is 0.409 e. The lowest BCUT2D eigenvalue weighted by Crippen LogP contribution is -2.28. The third-order valence-corrected chi connectivity index (χ3v) is 2.75.